The molecule has 2 aliphatic heterocycles. The van der Waals surface area contributed by atoms with Gasteiger partial charge in [-0.1, -0.05) is 37.1 Å². The summed E-state index contributed by atoms with van der Waals surface area (Å²) in [6.45, 7) is 3.16. The summed E-state index contributed by atoms with van der Waals surface area (Å²) in [5, 5.41) is 0. The van der Waals surface area contributed by atoms with Crippen LogP contribution in [0.25, 0.3) is 0 Å². The van der Waals surface area contributed by atoms with Crippen molar-refractivity contribution in [1.82, 2.24) is 0 Å². The average molecular weight is 358 g/mol. The molecule has 0 aromatic heterocycles. The van der Waals surface area contributed by atoms with Gasteiger partial charge in [-0.25, -0.2) is 19.2 Å². The van der Waals surface area contributed by atoms with Crippen molar-refractivity contribution in [3.05, 3.63) is 46.6 Å². The van der Waals surface area contributed by atoms with Crippen LogP contribution in [0.5, 0.6) is 0 Å². The second-order valence-electron chi connectivity index (χ2n) is 6.23. The minimum atomic E-state index is -0.575. The fourth-order valence-corrected chi connectivity index (χ4v) is 2.62. The van der Waals surface area contributed by atoms with Gasteiger partial charge in [0.25, 0.3) is 0 Å². The molecule has 0 unspecified atom stereocenters. The molecule has 6 nitrogen and oxygen atoms in total. The Bertz CT molecular complexity index is 684. The first-order valence-electron chi connectivity index (χ1n) is 8.69. The monoisotopic (exact) mass is 358 g/mol. The standard InChI is InChI=1S/C20H22O6/c1-13-15(19(23)25-17(13)21)11-9-7-5-3-4-6-8-10-12-16-14(2)18(22)26-20(16)24/h9-12H,3-8H2,1-2H3/b11-9+,12-10+. The summed E-state index contributed by atoms with van der Waals surface area (Å²) in [6, 6.07) is 0. The fraction of sp³-hybridized carbons (Fsp3) is 0.400. The number of hydrogen-bond donors (Lipinski definition) is 0. The molecule has 0 atom stereocenters. The quantitative estimate of drug-likeness (QED) is 0.357. The predicted octanol–water partition coefficient (Wildman–Crippen LogP) is 3.24. The number of allylic oxidation sites excluding steroid dienone is 2. The molecule has 0 saturated heterocycles. The molecular weight excluding hydrogens is 336 g/mol. The van der Waals surface area contributed by atoms with Gasteiger partial charge in [0.1, 0.15) is 0 Å². The Hall–Kier alpha value is -2.76. The number of esters is 4. The van der Waals surface area contributed by atoms with Crippen molar-refractivity contribution in [3.63, 3.8) is 0 Å². The summed E-state index contributed by atoms with van der Waals surface area (Å²) in [5.74, 6) is -2.28. The summed E-state index contributed by atoms with van der Waals surface area (Å²) in [5.41, 5.74) is 1.40. The third-order valence-electron chi connectivity index (χ3n) is 4.29. The maximum Gasteiger partial charge on any atom is 0.346 e. The third-order valence-corrected chi connectivity index (χ3v) is 4.29. The molecule has 0 aliphatic carbocycles. The number of rotatable bonds is 9. The van der Waals surface area contributed by atoms with Gasteiger partial charge < -0.3 is 9.47 Å². The maximum absolute atomic E-state index is 11.4. The van der Waals surface area contributed by atoms with Crippen LogP contribution in [0.2, 0.25) is 0 Å². The lowest BCUT2D eigenvalue weighted by Crippen LogP contribution is -2.00. The largest absolute Gasteiger partial charge is 0.386 e. The molecule has 0 radical (unpaired) electrons. The summed E-state index contributed by atoms with van der Waals surface area (Å²) in [4.78, 5) is 45.2. The van der Waals surface area contributed by atoms with E-state index in [0.717, 1.165) is 38.5 Å². The van der Waals surface area contributed by atoms with Gasteiger partial charge in [0.2, 0.25) is 0 Å². The molecule has 0 amide bonds. The molecule has 0 spiro atoms. The van der Waals surface area contributed by atoms with Crippen LogP contribution in [0.1, 0.15) is 52.4 Å². The number of hydrogen-bond acceptors (Lipinski definition) is 6. The molecular formula is C20H22O6. The molecule has 138 valence electrons. The van der Waals surface area contributed by atoms with Crippen molar-refractivity contribution < 1.29 is 28.7 Å². The van der Waals surface area contributed by atoms with E-state index in [2.05, 4.69) is 9.47 Å². The highest BCUT2D eigenvalue weighted by Gasteiger charge is 2.28. The summed E-state index contributed by atoms with van der Waals surface area (Å²) >= 11 is 0. The molecule has 0 aromatic carbocycles. The van der Waals surface area contributed by atoms with Crippen LogP contribution < -0.4 is 0 Å². The van der Waals surface area contributed by atoms with Gasteiger partial charge in [-0.3, -0.25) is 0 Å². The zero-order valence-electron chi connectivity index (χ0n) is 15.0. The Morgan fingerprint density at radius 3 is 1.31 bits per heavy atom. The van der Waals surface area contributed by atoms with Gasteiger partial charge in [0, 0.05) is 11.1 Å². The van der Waals surface area contributed by atoms with Crippen LogP contribution in [-0.2, 0) is 28.7 Å². The Morgan fingerprint density at radius 2 is 1.00 bits per heavy atom. The molecule has 2 heterocycles. The van der Waals surface area contributed by atoms with E-state index in [1.807, 2.05) is 12.2 Å². The zero-order chi connectivity index (χ0) is 19.1. The molecule has 0 fully saturated rings. The predicted molar refractivity (Wildman–Crippen MR) is 93.6 cm³/mol. The van der Waals surface area contributed by atoms with Crippen molar-refractivity contribution >= 4 is 23.9 Å². The van der Waals surface area contributed by atoms with Crippen LogP contribution in [0, 0.1) is 0 Å². The summed E-state index contributed by atoms with van der Waals surface area (Å²) < 4.78 is 9.03. The van der Waals surface area contributed by atoms with Crippen LogP contribution in [-0.4, -0.2) is 23.9 Å². The van der Waals surface area contributed by atoms with Gasteiger partial charge in [-0.2, -0.15) is 0 Å². The van der Waals surface area contributed by atoms with Gasteiger partial charge in [-0.05, 0) is 39.5 Å². The molecule has 26 heavy (non-hydrogen) atoms. The maximum atomic E-state index is 11.4. The molecule has 2 rings (SSSR count). The van der Waals surface area contributed by atoms with Crippen molar-refractivity contribution in [2.45, 2.75) is 52.4 Å². The van der Waals surface area contributed by atoms with E-state index >= 15 is 0 Å². The molecule has 6 heteroatoms. The number of carbonyl (C=O) groups is 4. The van der Waals surface area contributed by atoms with Gasteiger partial charge in [0.15, 0.2) is 0 Å². The highest BCUT2D eigenvalue weighted by Crippen LogP contribution is 2.19. The normalized spacial score (nSPS) is 18.1. The van der Waals surface area contributed by atoms with E-state index in [4.69, 9.17) is 0 Å². The molecule has 0 N–H and O–H groups in total. The van der Waals surface area contributed by atoms with Crippen molar-refractivity contribution in [2.75, 3.05) is 0 Å². The molecule has 0 aromatic rings. The molecule has 2 aliphatic rings. The SMILES string of the molecule is CC1=C(/C=C/CCCCCC/C=C/C2=C(C)C(=O)OC2=O)C(=O)OC1=O. The number of carbonyl (C=O) groups excluding carboxylic acids is 4. The van der Waals surface area contributed by atoms with E-state index in [-0.39, 0.29) is 0 Å². The lowest BCUT2D eigenvalue weighted by Gasteiger charge is -1.97. The van der Waals surface area contributed by atoms with Crippen LogP contribution in [0.15, 0.2) is 46.6 Å². The van der Waals surface area contributed by atoms with Gasteiger partial charge in [-0.15, -0.1) is 0 Å². The summed E-state index contributed by atoms with van der Waals surface area (Å²) in [6.07, 6.45) is 12.8. The Kier molecular flexibility index (Phi) is 6.83. The number of ether oxygens (including phenoxy) is 2. The van der Waals surface area contributed by atoms with Crippen LogP contribution in [0.4, 0.5) is 0 Å². The fourth-order valence-electron chi connectivity index (χ4n) is 2.62. The van der Waals surface area contributed by atoms with E-state index in [0.29, 0.717) is 22.3 Å². The topological polar surface area (TPSA) is 86.7 Å². The minimum Gasteiger partial charge on any atom is -0.386 e. The van der Waals surface area contributed by atoms with E-state index in [9.17, 15) is 19.2 Å². The second-order valence-corrected chi connectivity index (χ2v) is 6.23. The zero-order valence-corrected chi connectivity index (χ0v) is 15.0. The number of cyclic esters (lactones) is 4. The van der Waals surface area contributed by atoms with Crippen LogP contribution >= 0.6 is 0 Å². The lowest BCUT2D eigenvalue weighted by atomic mass is 10.1. The molecule has 0 bridgehead atoms. The van der Waals surface area contributed by atoms with Crippen molar-refractivity contribution in [2.24, 2.45) is 0 Å². The minimum absolute atomic E-state index is 0.341. The lowest BCUT2D eigenvalue weighted by molar-refractivity contribution is -0.152. The van der Waals surface area contributed by atoms with E-state index in [1.54, 1.807) is 26.0 Å². The Balaban J connectivity index is 1.59. The van der Waals surface area contributed by atoms with Gasteiger partial charge in [0.05, 0.1) is 11.1 Å². The number of unbranched alkanes of at least 4 members (excludes halogenated alkanes) is 5. The second kappa shape index (κ2) is 9.08. The first-order valence-corrected chi connectivity index (χ1v) is 8.69. The highest BCUT2D eigenvalue weighted by molar-refractivity contribution is 6.14. The first-order chi connectivity index (χ1) is 12.4. The Morgan fingerprint density at radius 1 is 0.615 bits per heavy atom. The van der Waals surface area contributed by atoms with E-state index < -0.39 is 23.9 Å². The Labute approximate surface area is 152 Å². The van der Waals surface area contributed by atoms with Crippen LogP contribution in [0.3, 0.4) is 0 Å². The van der Waals surface area contributed by atoms with Gasteiger partial charge >= 0.3 is 23.9 Å². The van der Waals surface area contributed by atoms with E-state index in [1.165, 1.54) is 0 Å². The first kappa shape index (κ1) is 19.6. The summed E-state index contributed by atoms with van der Waals surface area (Å²) in [7, 11) is 0. The molecule has 0 saturated carbocycles. The van der Waals surface area contributed by atoms with Crippen molar-refractivity contribution in [1.29, 1.82) is 0 Å². The van der Waals surface area contributed by atoms with Crippen molar-refractivity contribution in [3.8, 4) is 0 Å². The smallest absolute Gasteiger partial charge is 0.346 e. The average Bonchev–Trinajstić information content (AvgIpc) is 2.98. The third kappa shape index (κ3) is 4.88. The highest BCUT2D eigenvalue weighted by atomic mass is 16.6.